The fraction of sp³-hybridized carbons (Fsp3) is 0.400. The molecule has 4 nitrogen and oxygen atoms in total. The summed E-state index contributed by atoms with van der Waals surface area (Å²) in [7, 11) is 0. The van der Waals surface area contributed by atoms with Crippen molar-refractivity contribution >= 4 is 11.7 Å². The molecule has 1 aromatic rings. The van der Waals surface area contributed by atoms with Crippen LogP contribution in [0.5, 0.6) is 0 Å². The minimum Gasteiger partial charge on any atom is -0.384 e. The smallest absolute Gasteiger partial charge is 0.384 e. The van der Waals surface area contributed by atoms with Crippen LogP contribution >= 0.6 is 0 Å². The zero-order valence-corrected chi connectivity index (χ0v) is 9.14. The Hall–Kier alpha value is -1.79. The van der Waals surface area contributed by atoms with Crippen LogP contribution in [0.1, 0.15) is 23.0 Å². The number of nitrogens with zero attached hydrogens (tertiary/aromatic N) is 1. The Balaban J connectivity index is 2.78. The van der Waals surface area contributed by atoms with Crippen molar-refractivity contribution in [1.82, 2.24) is 10.3 Å². The van der Waals surface area contributed by atoms with Gasteiger partial charge in [-0.15, -0.1) is 0 Å². The van der Waals surface area contributed by atoms with E-state index in [9.17, 15) is 18.0 Å². The molecular formula is C10H12F3N3O. The Labute approximate surface area is 96.0 Å². The van der Waals surface area contributed by atoms with E-state index in [0.29, 0.717) is 12.1 Å². The van der Waals surface area contributed by atoms with Crippen LogP contribution in [-0.4, -0.2) is 23.6 Å². The van der Waals surface area contributed by atoms with Gasteiger partial charge < -0.3 is 11.1 Å². The van der Waals surface area contributed by atoms with Gasteiger partial charge in [0.15, 0.2) is 0 Å². The molecule has 0 saturated carbocycles. The van der Waals surface area contributed by atoms with Crippen LogP contribution in [0.4, 0.5) is 19.0 Å². The van der Waals surface area contributed by atoms with Crippen molar-refractivity contribution < 1.29 is 18.0 Å². The number of nitrogen functional groups attached to an aromatic ring is 1. The first kappa shape index (κ1) is 13.3. The molecule has 17 heavy (non-hydrogen) atoms. The quantitative estimate of drug-likeness (QED) is 0.850. The number of carbonyl (C=O) groups is 1. The number of halogens is 3. The number of hydrogen-bond acceptors (Lipinski definition) is 3. The molecule has 0 aromatic carbocycles. The van der Waals surface area contributed by atoms with Crippen molar-refractivity contribution in [1.29, 1.82) is 0 Å². The topological polar surface area (TPSA) is 68.0 Å². The third kappa shape index (κ3) is 4.29. The van der Waals surface area contributed by atoms with E-state index >= 15 is 0 Å². The summed E-state index contributed by atoms with van der Waals surface area (Å²) in [6.07, 6.45) is -3.88. The maximum Gasteiger partial charge on any atom is 0.405 e. The first-order chi connectivity index (χ1) is 7.81. The molecule has 94 valence electrons. The average molecular weight is 247 g/mol. The van der Waals surface area contributed by atoms with Gasteiger partial charge in [0, 0.05) is 11.3 Å². The number of carbonyl (C=O) groups excluding carboxylic acids is 1. The highest BCUT2D eigenvalue weighted by Gasteiger charge is 2.27. The summed E-state index contributed by atoms with van der Waals surface area (Å²) in [5.41, 5.74) is 6.08. The van der Waals surface area contributed by atoms with E-state index in [0.717, 1.165) is 0 Å². The monoisotopic (exact) mass is 247 g/mol. The van der Waals surface area contributed by atoms with Gasteiger partial charge in [-0.05, 0) is 18.6 Å². The number of aryl methyl sites for hydroxylation is 1. The molecule has 0 radical (unpaired) electrons. The highest BCUT2D eigenvalue weighted by Crippen LogP contribution is 2.13. The number of nitrogens with two attached hydrogens (primary N) is 1. The highest BCUT2D eigenvalue weighted by atomic mass is 19.4. The molecule has 0 bridgehead atoms. The molecule has 0 aliphatic rings. The fourth-order valence-corrected chi connectivity index (χ4v) is 1.21. The maximum atomic E-state index is 11.9. The molecule has 0 spiro atoms. The summed E-state index contributed by atoms with van der Waals surface area (Å²) in [5.74, 6) is -0.701. The lowest BCUT2D eigenvalue weighted by Gasteiger charge is -2.09. The zero-order valence-electron chi connectivity index (χ0n) is 9.14. The lowest BCUT2D eigenvalue weighted by Crippen LogP contribution is -2.33. The van der Waals surface area contributed by atoms with Crippen LogP contribution in [0.25, 0.3) is 0 Å². The number of nitrogens with one attached hydrogen (secondary N) is 1. The third-order valence-electron chi connectivity index (χ3n) is 1.97. The molecule has 7 heteroatoms. The second-order valence-electron chi connectivity index (χ2n) is 3.42. The van der Waals surface area contributed by atoms with E-state index in [1.54, 1.807) is 12.2 Å². The normalized spacial score (nSPS) is 11.3. The predicted molar refractivity (Wildman–Crippen MR) is 56.4 cm³/mol. The van der Waals surface area contributed by atoms with E-state index in [4.69, 9.17) is 5.73 Å². The minimum absolute atomic E-state index is 0.0820. The van der Waals surface area contributed by atoms with E-state index in [1.165, 1.54) is 12.1 Å². The van der Waals surface area contributed by atoms with Crippen molar-refractivity contribution in [3.8, 4) is 0 Å². The van der Waals surface area contributed by atoms with Crippen LogP contribution in [0.3, 0.4) is 0 Å². The fourth-order valence-electron chi connectivity index (χ4n) is 1.21. The van der Waals surface area contributed by atoms with Gasteiger partial charge in [0.05, 0.1) is 0 Å². The molecule has 0 fully saturated rings. The third-order valence-corrected chi connectivity index (χ3v) is 1.97. The molecule has 0 aliphatic carbocycles. The largest absolute Gasteiger partial charge is 0.405 e. The summed E-state index contributed by atoms with van der Waals surface area (Å²) in [6.45, 7) is 0.439. The van der Waals surface area contributed by atoms with Gasteiger partial charge >= 0.3 is 6.18 Å². The first-order valence-corrected chi connectivity index (χ1v) is 4.93. The number of rotatable bonds is 3. The highest BCUT2D eigenvalue weighted by molar-refractivity contribution is 5.94. The van der Waals surface area contributed by atoms with Crippen molar-refractivity contribution in [3.05, 3.63) is 23.4 Å². The van der Waals surface area contributed by atoms with Crippen LogP contribution in [0.15, 0.2) is 12.1 Å². The molecule has 3 N–H and O–H groups in total. The van der Waals surface area contributed by atoms with Crippen molar-refractivity contribution in [2.24, 2.45) is 0 Å². The maximum absolute atomic E-state index is 11.9. The minimum atomic E-state index is -4.43. The van der Waals surface area contributed by atoms with Crippen LogP contribution in [-0.2, 0) is 6.42 Å². The summed E-state index contributed by atoms with van der Waals surface area (Å²) >= 11 is 0. The molecule has 1 aromatic heterocycles. The summed E-state index contributed by atoms with van der Waals surface area (Å²) < 4.78 is 35.7. The number of anilines is 1. The van der Waals surface area contributed by atoms with Crippen molar-refractivity contribution in [2.75, 3.05) is 12.3 Å². The molecule has 0 unspecified atom stereocenters. The Morgan fingerprint density at radius 3 is 2.65 bits per heavy atom. The van der Waals surface area contributed by atoms with Crippen molar-refractivity contribution in [2.45, 2.75) is 19.5 Å². The number of aromatic nitrogens is 1. The van der Waals surface area contributed by atoms with E-state index in [1.807, 2.05) is 0 Å². The Bertz CT molecular complexity index is 418. The van der Waals surface area contributed by atoms with Gasteiger partial charge in [0.1, 0.15) is 12.4 Å². The summed E-state index contributed by atoms with van der Waals surface area (Å²) in [6, 6.07) is 2.66. The van der Waals surface area contributed by atoms with Gasteiger partial charge in [-0.2, -0.15) is 13.2 Å². The number of pyridine rings is 1. The second-order valence-corrected chi connectivity index (χ2v) is 3.42. The van der Waals surface area contributed by atoms with E-state index < -0.39 is 18.6 Å². The van der Waals surface area contributed by atoms with Gasteiger partial charge in [0.2, 0.25) is 0 Å². The summed E-state index contributed by atoms with van der Waals surface area (Å²) in [5, 5.41) is 1.77. The average Bonchev–Trinajstić information content (AvgIpc) is 2.23. The summed E-state index contributed by atoms with van der Waals surface area (Å²) in [4.78, 5) is 15.3. The SMILES string of the molecule is CCc1cc(C(=O)NCC(F)(F)F)cc(N)n1. The van der Waals surface area contributed by atoms with Gasteiger partial charge in [-0.25, -0.2) is 4.98 Å². The Kier molecular flexibility index (Phi) is 3.93. The first-order valence-electron chi connectivity index (χ1n) is 4.93. The number of hydrogen-bond donors (Lipinski definition) is 2. The van der Waals surface area contributed by atoms with Crippen LogP contribution in [0, 0.1) is 0 Å². The molecular weight excluding hydrogens is 235 g/mol. The predicted octanol–water partition coefficient (Wildman–Crippen LogP) is 1.52. The van der Waals surface area contributed by atoms with Gasteiger partial charge in [-0.1, -0.05) is 6.92 Å². The molecule has 1 rings (SSSR count). The molecule has 0 atom stereocenters. The Morgan fingerprint density at radius 1 is 1.47 bits per heavy atom. The van der Waals surface area contributed by atoms with Gasteiger partial charge in [0.25, 0.3) is 5.91 Å². The lowest BCUT2D eigenvalue weighted by atomic mass is 10.2. The Morgan fingerprint density at radius 2 is 2.12 bits per heavy atom. The van der Waals surface area contributed by atoms with E-state index in [2.05, 4.69) is 4.98 Å². The number of amides is 1. The molecule has 1 amide bonds. The molecule has 0 saturated heterocycles. The van der Waals surface area contributed by atoms with E-state index in [-0.39, 0.29) is 11.4 Å². The lowest BCUT2D eigenvalue weighted by molar-refractivity contribution is -0.123. The van der Waals surface area contributed by atoms with Gasteiger partial charge in [-0.3, -0.25) is 4.79 Å². The van der Waals surface area contributed by atoms with Crippen molar-refractivity contribution in [3.63, 3.8) is 0 Å². The number of alkyl halides is 3. The standard InChI is InChI=1S/C10H12F3N3O/c1-2-7-3-6(4-8(14)16-7)9(17)15-5-10(11,12)13/h3-4H,2,5H2,1H3,(H2,14,16)(H,15,17). The zero-order chi connectivity index (χ0) is 13.1. The second kappa shape index (κ2) is 5.03. The molecule has 0 aliphatic heterocycles. The van der Waals surface area contributed by atoms with Crippen LogP contribution in [0.2, 0.25) is 0 Å². The molecule has 1 heterocycles. The van der Waals surface area contributed by atoms with Crippen LogP contribution < -0.4 is 11.1 Å².